The van der Waals surface area contributed by atoms with Crippen LogP contribution in [0.15, 0.2) is 0 Å². The lowest BCUT2D eigenvalue weighted by molar-refractivity contribution is 0.0311. The molecular formula is C15H32N2O3. The van der Waals surface area contributed by atoms with Gasteiger partial charge in [0.25, 0.3) is 0 Å². The second-order valence-corrected chi connectivity index (χ2v) is 6.63. The number of hydrogen-bond acceptors (Lipinski definition) is 5. The summed E-state index contributed by atoms with van der Waals surface area (Å²) in [5, 5.41) is 13.4. The van der Waals surface area contributed by atoms with E-state index in [1.54, 1.807) is 7.11 Å². The molecule has 0 aliphatic carbocycles. The van der Waals surface area contributed by atoms with E-state index in [9.17, 15) is 5.11 Å². The molecule has 0 bridgehead atoms. The van der Waals surface area contributed by atoms with Crippen molar-refractivity contribution in [3.63, 3.8) is 0 Å². The number of nitrogens with one attached hydrogen (secondary N) is 1. The fourth-order valence-electron chi connectivity index (χ4n) is 2.84. The summed E-state index contributed by atoms with van der Waals surface area (Å²) in [7, 11) is 3.67. The molecule has 120 valence electrons. The van der Waals surface area contributed by atoms with Crippen LogP contribution < -0.4 is 5.32 Å². The van der Waals surface area contributed by atoms with Crippen LogP contribution in [0.3, 0.4) is 0 Å². The molecule has 1 rings (SSSR count). The largest absolute Gasteiger partial charge is 0.389 e. The fraction of sp³-hybridized carbons (Fsp3) is 1.00. The molecule has 0 saturated carbocycles. The summed E-state index contributed by atoms with van der Waals surface area (Å²) in [6, 6.07) is 0. The Labute approximate surface area is 123 Å². The summed E-state index contributed by atoms with van der Waals surface area (Å²) in [5.41, 5.74) is 0.177. The van der Waals surface area contributed by atoms with Gasteiger partial charge in [0.1, 0.15) is 0 Å². The van der Waals surface area contributed by atoms with Gasteiger partial charge in [-0.25, -0.2) is 0 Å². The van der Waals surface area contributed by atoms with Gasteiger partial charge < -0.3 is 24.8 Å². The molecule has 0 amide bonds. The normalized spacial score (nSPS) is 24.8. The van der Waals surface area contributed by atoms with Gasteiger partial charge in [0, 0.05) is 38.8 Å². The van der Waals surface area contributed by atoms with Crippen molar-refractivity contribution in [2.75, 3.05) is 60.2 Å². The maximum absolute atomic E-state index is 9.81. The highest BCUT2D eigenvalue weighted by molar-refractivity contribution is 4.88. The summed E-state index contributed by atoms with van der Waals surface area (Å²) in [6.07, 6.45) is 0.663. The Bertz CT molecular complexity index is 256. The molecule has 1 saturated heterocycles. The fourth-order valence-corrected chi connectivity index (χ4v) is 2.84. The standard InChI is InChI=1S/C15H32N2O3/c1-13(2)7-16-10-15(5-6-20-12-15)11-17(3)8-14(18)9-19-4/h13-14,16,18H,5-12H2,1-4H3. The van der Waals surface area contributed by atoms with E-state index in [2.05, 4.69) is 31.1 Å². The molecule has 0 spiro atoms. The molecule has 0 radical (unpaired) electrons. The zero-order valence-corrected chi connectivity index (χ0v) is 13.5. The molecule has 2 atom stereocenters. The first-order valence-corrected chi connectivity index (χ1v) is 7.61. The first kappa shape index (κ1) is 17.9. The Morgan fingerprint density at radius 2 is 2.20 bits per heavy atom. The molecule has 0 aromatic rings. The minimum atomic E-state index is -0.423. The molecule has 1 aliphatic heterocycles. The van der Waals surface area contributed by atoms with Crippen molar-refractivity contribution >= 4 is 0 Å². The van der Waals surface area contributed by atoms with Crippen LogP contribution in [0.25, 0.3) is 0 Å². The molecule has 5 heteroatoms. The van der Waals surface area contributed by atoms with Gasteiger partial charge in [-0.1, -0.05) is 13.8 Å². The van der Waals surface area contributed by atoms with Crippen molar-refractivity contribution in [2.45, 2.75) is 26.4 Å². The van der Waals surface area contributed by atoms with E-state index in [-0.39, 0.29) is 5.41 Å². The number of rotatable bonds is 10. The summed E-state index contributed by atoms with van der Waals surface area (Å²) in [6.45, 7) is 10.1. The van der Waals surface area contributed by atoms with Gasteiger partial charge in [0.2, 0.25) is 0 Å². The first-order chi connectivity index (χ1) is 9.47. The SMILES string of the molecule is COCC(O)CN(C)CC1(CNCC(C)C)CCOC1. The van der Waals surface area contributed by atoms with E-state index >= 15 is 0 Å². The van der Waals surface area contributed by atoms with Crippen LogP contribution in [0.5, 0.6) is 0 Å². The van der Waals surface area contributed by atoms with Crippen LogP contribution in [-0.4, -0.2) is 76.3 Å². The maximum Gasteiger partial charge on any atom is 0.0899 e. The molecular weight excluding hydrogens is 256 g/mol. The average molecular weight is 288 g/mol. The zero-order valence-electron chi connectivity index (χ0n) is 13.5. The van der Waals surface area contributed by atoms with Gasteiger partial charge in [-0.05, 0) is 25.9 Å². The Hall–Kier alpha value is -0.200. The van der Waals surface area contributed by atoms with Crippen molar-refractivity contribution in [2.24, 2.45) is 11.3 Å². The smallest absolute Gasteiger partial charge is 0.0899 e. The molecule has 2 N–H and O–H groups in total. The molecule has 0 aromatic heterocycles. The monoisotopic (exact) mass is 288 g/mol. The van der Waals surface area contributed by atoms with Gasteiger partial charge in [-0.3, -0.25) is 0 Å². The van der Waals surface area contributed by atoms with Crippen LogP contribution in [0.2, 0.25) is 0 Å². The van der Waals surface area contributed by atoms with Crippen LogP contribution in [0.1, 0.15) is 20.3 Å². The summed E-state index contributed by atoms with van der Waals surface area (Å²) >= 11 is 0. The van der Waals surface area contributed by atoms with Crippen molar-refractivity contribution in [3.8, 4) is 0 Å². The Morgan fingerprint density at radius 1 is 1.45 bits per heavy atom. The summed E-state index contributed by atoms with van der Waals surface area (Å²) < 4.78 is 10.6. The highest BCUT2D eigenvalue weighted by Gasteiger charge is 2.35. The zero-order chi connectivity index (χ0) is 15.0. The summed E-state index contributed by atoms with van der Waals surface area (Å²) in [4.78, 5) is 2.19. The topological polar surface area (TPSA) is 54.0 Å². The predicted molar refractivity (Wildman–Crippen MR) is 81.0 cm³/mol. The molecule has 1 fully saturated rings. The molecule has 2 unspecified atom stereocenters. The third-order valence-corrected chi connectivity index (χ3v) is 3.72. The quantitative estimate of drug-likeness (QED) is 0.616. The van der Waals surface area contributed by atoms with Crippen molar-refractivity contribution < 1.29 is 14.6 Å². The van der Waals surface area contributed by atoms with Gasteiger partial charge >= 0.3 is 0 Å². The minimum absolute atomic E-state index is 0.177. The lowest BCUT2D eigenvalue weighted by Crippen LogP contribution is -2.46. The van der Waals surface area contributed by atoms with Gasteiger partial charge in [0.05, 0.1) is 19.3 Å². The van der Waals surface area contributed by atoms with E-state index < -0.39 is 6.10 Å². The van der Waals surface area contributed by atoms with Crippen molar-refractivity contribution in [3.05, 3.63) is 0 Å². The van der Waals surface area contributed by atoms with Crippen molar-refractivity contribution in [1.82, 2.24) is 10.2 Å². The molecule has 1 heterocycles. The van der Waals surface area contributed by atoms with E-state index in [1.807, 2.05) is 0 Å². The molecule has 1 aliphatic rings. The predicted octanol–water partition coefficient (Wildman–Crippen LogP) is 0.578. The van der Waals surface area contributed by atoms with Crippen LogP contribution in [0, 0.1) is 11.3 Å². The van der Waals surface area contributed by atoms with Crippen LogP contribution in [-0.2, 0) is 9.47 Å². The average Bonchev–Trinajstić information content (AvgIpc) is 2.77. The van der Waals surface area contributed by atoms with E-state index in [4.69, 9.17) is 9.47 Å². The molecule has 0 aromatic carbocycles. The first-order valence-electron chi connectivity index (χ1n) is 7.61. The molecule has 20 heavy (non-hydrogen) atoms. The highest BCUT2D eigenvalue weighted by Crippen LogP contribution is 2.28. The van der Waals surface area contributed by atoms with E-state index in [0.717, 1.165) is 39.3 Å². The van der Waals surface area contributed by atoms with E-state index in [1.165, 1.54) is 0 Å². The van der Waals surface area contributed by atoms with Crippen molar-refractivity contribution in [1.29, 1.82) is 0 Å². The maximum atomic E-state index is 9.81. The third-order valence-electron chi connectivity index (χ3n) is 3.72. The Kier molecular flexibility index (Phi) is 7.99. The van der Waals surface area contributed by atoms with E-state index in [0.29, 0.717) is 19.1 Å². The second-order valence-electron chi connectivity index (χ2n) is 6.63. The Morgan fingerprint density at radius 3 is 2.75 bits per heavy atom. The number of ether oxygens (including phenoxy) is 2. The minimum Gasteiger partial charge on any atom is -0.389 e. The van der Waals surface area contributed by atoms with Gasteiger partial charge in [0.15, 0.2) is 0 Å². The Balaban J connectivity index is 2.40. The number of likely N-dealkylation sites (N-methyl/N-ethyl adjacent to an activating group) is 1. The lowest BCUT2D eigenvalue weighted by atomic mass is 9.86. The summed E-state index contributed by atoms with van der Waals surface area (Å²) in [5.74, 6) is 0.663. The van der Waals surface area contributed by atoms with Crippen LogP contribution >= 0.6 is 0 Å². The van der Waals surface area contributed by atoms with Gasteiger partial charge in [-0.15, -0.1) is 0 Å². The number of methoxy groups -OCH3 is 1. The number of hydrogen-bond donors (Lipinski definition) is 2. The number of aliphatic hydroxyl groups is 1. The highest BCUT2D eigenvalue weighted by atomic mass is 16.5. The van der Waals surface area contributed by atoms with Gasteiger partial charge in [-0.2, -0.15) is 0 Å². The van der Waals surface area contributed by atoms with Crippen LogP contribution in [0.4, 0.5) is 0 Å². The molecule has 5 nitrogen and oxygen atoms in total. The third kappa shape index (κ3) is 6.50. The number of nitrogens with zero attached hydrogens (tertiary/aromatic N) is 1. The lowest BCUT2D eigenvalue weighted by Gasteiger charge is -2.33. The number of aliphatic hydroxyl groups excluding tert-OH is 1. The second kappa shape index (κ2) is 8.95.